The first-order chi connectivity index (χ1) is 13.2. The quantitative estimate of drug-likeness (QED) is 0.774. The molecule has 1 aromatic rings. The maximum atomic E-state index is 12.1. The summed E-state index contributed by atoms with van der Waals surface area (Å²) >= 11 is 0. The van der Waals surface area contributed by atoms with Crippen molar-refractivity contribution in [3.63, 3.8) is 0 Å². The highest BCUT2D eigenvalue weighted by Crippen LogP contribution is 2.19. The minimum Gasteiger partial charge on any atom is -0.444 e. The number of carbonyl (C=O) groups is 2. The molecule has 6 heteroatoms. The van der Waals surface area contributed by atoms with Crippen LogP contribution in [0.2, 0.25) is 0 Å². The molecule has 2 N–H and O–H groups in total. The van der Waals surface area contributed by atoms with Crippen molar-refractivity contribution in [1.82, 2.24) is 15.5 Å². The number of piperidine rings is 1. The first kappa shape index (κ1) is 22.1. The van der Waals surface area contributed by atoms with Gasteiger partial charge in [0.1, 0.15) is 5.60 Å². The number of nitrogens with zero attached hydrogens (tertiary/aromatic N) is 1. The summed E-state index contributed by atoms with van der Waals surface area (Å²) in [5.74, 6) is 0.393. The summed E-state index contributed by atoms with van der Waals surface area (Å²) in [5, 5.41) is 5.99. The molecule has 0 saturated carbocycles. The van der Waals surface area contributed by atoms with E-state index in [-0.39, 0.29) is 18.2 Å². The van der Waals surface area contributed by atoms with Gasteiger partial charge >= 0.3 is 12.1 Å². The number of ether oxygens (including phenoxy) is 1. The normalized spacial score (nSPS) is 16.4. The van der Waals surface area contributed by atoms with Gasteiger partial charge < -0.3 is 20.3 Å². The summed E-state index contributed by atoms with van der Waals surface area (Å²) < 4.78 is 5.42. The molecule has 1 fully saturated rings. The second-order valence-corrected chi connectivity index (χ2v) is 8.69. The van der Waals surface area contributed by atoms with Crippen LogP contribution in [0.1, 0.15) is 52.5 Å². The smallest absolute Gasteiger partial charge is 0.410 e. The molecule has 0 spiro atoms. The maximum Gasteiger partial charge on any atom is 0.410 e. The van der Waals surface area contributed by atoms with Gasteiger partial charge in [-0.05, 0) is 64.9 Å². The van der Waals surface area contributed by atoms with Crippen LogP contribution in [0.15, 0.2) is 30.3 Å². The molecule has 1 aliphatic heterocycles. The van der Waals surface area contributed by atoms with Gasteiger partial charge in [0.25, 0.3) is 0 Å². The SMILES string of the molecule is CC(CCc1ccccc1)NC(=O)NCC1CCN(C(=O)OC(C)(C)C)CC1. The number of nitrogens with one attached hydrogen (secondary N) is 2. The first-order valence-electron chi connectivity index (χ1n) is 10.3. The highest BCUT2D eigenvalue weighted by molar-refractivity contribution is 5.74. The summed E-state index contributed by atoms with van der Waals surface area (Å²) in [6, 6.07) is 10.3. The van der Waals surface area contributed by atoms with Gasteiger partial charge in [-0.1, -0.05) is 30.3 Å². The van der Waals surface area contributed by atoms with Crippen molar-refractivity contribution in [3.05, 3.63) is 35.9 Å². The van der Waals surface area contributed by atoms with Crippen LogP contribution in [-0.4, -0.2) is 48.3 Å². The second-order valence-electron chi connectivity index (χ2n) is 8.69. The summed E-state index contributed by atoms with van der Waals surface area (Å²) in [5.41, 5.74) is 0.818. The fourth-order valence-corrected chi connectivity index (χ4v) is 3.26. The van der Waals surface area contributed by atoms with Crippen LogP contribution >= 0.6 is 0 Å². The molecule has 0 aromatic heterocycles. The molecule has 1 saturated heterocycles. The van der Waals surface area contributed by atoms with E-state index in [0.717, 1.165) is 25.7 Å². The fraction of sp³-hybridized carbons (Fsp3) is 0.636. The molecule has 0 aliphatic carbocycles. The van der Waals surface area contributed by atoms with E-state index < -0.39 is 5.60 Å². The molecule has 1 aliphatic rings. The Hall–Kier alpha value is -2.24. The monoisotopic (exact) mass is 389 g/mol. The number of hydrogen-bond donors (Lipinski definition) is 2. The van der Waals surface area contributed by atoms with E-state index in [1.807, 2.05) is 45.9 Å². The Morgan fingerprint density at radius 2 is 1.82 bits per heavy atom. The van der Waals surface area contributed by atoms with Crippen molar-refractivity contribution in [2.75, 3.05) is 19.6 Å². The Labute approximate surface area is 169 Å². The van der Waals surface area contributed by atoms with Gasteiger partial charge in [0.15, 0.2) is 0 Å². The molecule has 0 bridgehead atoms. The second kappa shape index (κ2) is 10.3. The summed E-state index contributed by atoms with van der Waals surface area (Å²) in [6.07, 6.45) is 3.37. The minimum absolute atomic E-state index is 0.116. The number of carbonyl (C=O) groups excluding carboxylic acids is 2. The van der Waals surface area contributed by atoms with E-state index in [1.165, 1.54) is 5.56 Å². The van der Waals surface area contributed by atoms with Gasteiger partial charge in [-0.2, -0.15) is 0 Å². The summed E-state index contributed by atoms with van der Waals surface area (Å²) in [4.78, 5) is 26.0. The van der Waals surface area contributed by atoms with Gasteiger partial charge in [-0.3, -0.25) is 0 Å². The van der Waals surface area contributed by atoms with Crippen molar-refractivity contribution in [1.29, 1.82) is 0 Å². The highest BCUT2D eigenvalue weighted by atomic mass is 16.6. The van der Waals surface area contributed by atoms with Gasteiger partial charge in [0, 0.05) is 25.7 Å². The van der Waals surface area contributed by atoms with Crippen LogP contribution in [-0.2, 0) is 11.2 Å². The van der Waals surface area contributed by atoms with Crippen molar-refractivity contribution >= 4 is 12.1 Å². The number of aryl methyl sites for hydroxylation is 1. The lowest BCUT2D eigenvalue weighted by atomic mass is 9.97. The molecule has 1 aromatic carbocycles. The van der Waals surface area contributed by atoms with Gasteiger partial charge in [0.05, 0.1) is 0 Å². The molecule has 3 amide bonds. The topological polar surface area (TPSA) is 70.7 Å². The van der Waals surface area contributed by atoms with Crippen LogP contribution in [0.4, 0.5) is 9.59 Å². The average Bonchev–Trinajstić information content (AvgIpc) is 2.64. The van der Waals surface area contributed by atoms with E-state index >= 15 is 0 Å². The largest absolute Gasteiger partial charge is 0.444 e. The fourth-order valence-electron chi connectivity index (χ4n) is 3.26. The van der Waals surface area contributed by atoms with Gasteiger partial charge in [0.2, 0.25) is 0 Å². The molecular weight excluding hydrogens is 354 g/mol. The molecule has 156 valence electrons. The number of amides is 3. The van der Waals surface area contributed by atoms with Crippen LogP contribution in [0.5, 0.6) is 0 Å². The standard InChI is InChI=1S/C22H35N3O3/c1-17(10-11-18-8-6-5-7-9-18)24-20(26)23-16-19-12-14-25(15-13-19)21(27)28-22(2,3)4/h5-9,17,19H,10-16H2,1-4H3,(H2,23,24,26). The van der Waals surface area contributed by atoms with Crippen LogP contribution < -0.4 is 10.6 Å². The third kappa shape index (κ3) is 8.19. The van der Waals surface area contributed by atoms with E-state index in [0.29, 0.717) is 25.6 Å². The Morgan fingerprint density at radius 3 is 2.43 bits per heavy atom. The third-order valence-electron chi connectivity index (χ3n) is 4.90. The minimum atomic E-state index is -0.467. The third-order valence-corrected chi connectivity index (χ3v) is 4.90. The number of urea groups is 1. The predicted octanol–water partition coefficient (Wildman–Crippen LogP) is 3.95. The molecule has 0 radical (unpaired) electrons. The highest BCUT2D eigenvalue weighted by Gasteiger charge is 2.27. The average molecular weight is 390 g/mol. The summed E-state index contributed by atoms with van der Waals surface area (Å²) in [7, 11) is 0. The van der Waals surface area contributed by atoms with Gasteiger partial charge in [-0.15, -0.1) is 0 Å². The summed E-state index contributed by atoms with van der Waals surface area (Å²) in [6.45, 7) is 9.65. The Kier molecular flexibility index (Phi) is 8.15. The van der Waals surface area contributed by atoms with Crippen LogP contribution in [0, 0.1) is 5.92 Å². The van der Waals surface area contributed by atoms with E-state index in [9.17, 15) is 9.59 Å². The zero-order valence-electron chi connectivity index (χ0n) is 17.7. The van der Waals surface area contributed by atoms with Crippen molar-refractivity contribution < 1.29 is 14.3 Å². The van der Waals surface area contributed by atoms with Crippen molar-refractivity contribution in [2.45, 2.75) is 65.0 Å². The number of benzene rings is 1. The first-order valence-corrected chi connectivity index (χ1v) is 10.3. The predicted molar refractivity (Wildman–Crippen MR) is 111 cm³/mol. The van der Waals surface area contributed by atoms with Crippen molar-refractivity contribution in [2.24, 2.45) is 5.92 Å². The number of likely N-dealkylation sites (tertiary alicyclic amines) is 1. The Morgan fingerprint density at radius 1 is 1.18 bits per heavy atom. The lowest BCUT2D eigenvalue weighted by molar-refractivity contribution is 0.0184. The molecule has 28 heavy (non-hydrogen) atoms. The molecular formula is C22H35N3O3. The van der Waals surface area contributed by atoms with Crippen LogP contribution in [0.25, 0.3) is 0 Å². The zero-order valence-corrected chi connectivity index (χ0v) is 17.7. The number of rotatable bonds is 6. The Bertz CT molecular complexity index is 620. The van der Waals surface area contributed by atoms with Crippen molar-refractivity contribution in [3.8, 4) is 0 Å². The molecule has 1 heterocycles. The lowest BCUT2D eigenvalue weighted by Crippen LogP contribution is -2.46. The molecule has 2 rings (SSSR count). The van der Waals surface area contributed by atoms with Gasteiger partial charge in [-0.25, -0.2) is 9.59 Å². The number of hydrogen-bond acceptors (Lipinski definition) is 3. The maximum absolute atomic E-state index is 12.1. The molecule has 1 unspecified atom stereocenters. The Balaban J connectivity index is 1.61. The van der Waals surface area contributed by atoms with E-state index in [2.05, 4.69) is 22.8 Å². The molecule has 6 nitrogen and oxygen atoms in total. The van der Waals surface area contributed by atoms with E-state index in [1.54, 1.807) is 4.90 Å². The lowest BCUT2D eigenvalue weighted by Gasteiger charge is -2.33. The van der Waals surface area contributed by atoms with Crippen LogP contribution in [0.3, 0.4) is 0 Å². The zero-order chi connectivity index (χ0) is 20.6. The molecule has 1 atom stereocenters. The van der Waals surface area contributed by atoms with E-state index in [4.69, 9.17) is 4.74 Å².